The van der Waals surface area contributed by atoms with Gasteiger partial charge in [-0.15, -0.1) is 0 Å². The fourth-order valence-electron chi connectivity index (χ4n) is 3.04. The summed E-state index contributed by atoms with van der Waals surface area (Å²) in [6.07, 6.45) is 3.21. The van der Waals surface area contributed by atoms with Gasteiger partial charge in [-0.05, 0) is 55.3 Å². The van der Waals surface area contributed by atoms with Crippen LogP contribution in [0.5, 0.6) is 0 Å². The molecule has 0 amide bonds. The Bertz CT molecular complexity index is 385. The van der Waals surface area contributed by atoms with Gasteiger partial charge in [-0.2, -0.15) is 0 Å². The van der Waals surface area contributed by atoms with Gasteiger partial charge >= 0.3 is 0 Å². The molecule has 1 nitrogen and oxygen atoms in total. The van der Waals surface area contributed by atoms with Gasteiger partial charge < -0.3 is 5.32 Å². The molecule has 2 rings (SSSR count). The highest BCUT2D eigenvalue weighted by Crippen LogP contribution is 2.39. The zero-order valence-electron chi connectivity index (χ0n) is 11.0. The lowest BCUT2D eigenvalue weighted by Gasteiger charge is -2.22. The molecule has 3 unspecified atom stereocenters. The number of rotatable bonds is 4. The summed E-state index contributed by atoms with van der Waals surface area (Å²) in [5, 5.41) is 3.52. The number of hydrogen-bond donors (Lipinski definition) is 1. The van der Waals surface area contributed by atoms with Crippen LogP contribution in [0.25, 0.3) is 0 Å². The van der Waals surface area contributed by atoms with Crippen LogP contribution in [0.15, 0.2) is 18.2 Å². The standard InChI is InChI=1S/C15H21F2N/c1-3-6-18-15-5-4-14(10(15)2)11-7-12(16)9-13(17)8-11/h7-10,14-15,18H,3-6H2,1-2H3. The lowest BCUT2D eigenvalue weighted by molar-refractivity contribution is 0.403. The first-order valence-corrected chi connectivity index (χ1v) is 6.81. The monoisotopic (exact) mass is 253 g/mol. The molecule has 1 aromatic rings. The Morgan fingerprint density at radius 1 is 1.17 bits per heavy atom. The van der Waals surface area contributed by atoms with Crippen molar-refractivity contribution in [2.75, 3.05) is 6.54 Å². The molecule has 1 saturated carbocycles. The van der Waals surface area contributed by atoms with Crippen LogP contribution in [-0.4, -0.2) is 12.6 Å². The van der Waals surface area contributed by atoms with E-state index in [1.807, 2.05) is 0 Å². The van der Waals surface area contributed by atoms with E-state index in [1.165, 1.54) is 12.1 Å². The van der Waals surface area contributed by atoms with E-state index in [-0.39, 0.29) is 5.92 Å². The van der Waals surface area contributed by atoms with E-state index in [4.69, 9.17) is 0 Å². The first-order valence-electron chi connectivity index (χ1n) is 6.81. The second-order valence-electron chi connectivity index (χ2n) is 5.31. The van der Waals surface area contributed by atoms with Crippen LogP contribution in [0.1, 0.15) is 44.6 Å². The molecule has 0 heterocycles. The summed E-state index contributed by atoms with van der Waals surface area (Å²) in [5.41, 5.74) is 0.806. The maximum Gasteiger partial charge on any atom is 0.126 e. The summed E-state index contributed by atoms with van der Waals surface area (Å²) in [4.78, 5) is 0. The van der Waals surface area contributed by atoms with E-state index in [1.54, 1.807) is 0 Å². The van der Waals surface area contributed by atoms with Crippen molar-refractivity contribution in [3.8, 4) is 0 Å². The second kappa shape index (κ2) is 5.79. The average Bonchev–Trinajstić information content (AvgIpc) is 2.67. The molecule has 1 aliphatic carbocycles. The average molecular weight is 253 g/mol. The van der Waals surface area contributed by atoms with Crippen LogP contribution >= 0.6 is 0 Å². The van der Waals surface area contributed by atoms with Crippen molar-refractivity contribution < 1.29 is 8.78 Å². The van der Waals surface area contributed by atoms with Gasteiger partial charge in [0.25, 0.3) is 0 Å². The van der Waals surface area contributed by atoms with Crippen LogP contribution in [0.4, 0.5) is 8.78 Å². The van der Waals surface area contributed by atoms with Gasteiger partial charge in [0, 0.05) is 12.1 Å². The van der Waals surface area contributed by atoms with E-state index in [0.717, 1.165) is 37.4 Å². The lowest BCUT2D eigenvalue weighted by atomic mass is 9.88. The topological polar surface area (TPSA) is 12.0 Å². The fraction of sp³-hybridized carbons (Fsp3) is 0.600. The van der Waals surface area contributed by atoms with Gasteiger partial charge in [0.05, 0.1) is 0 Å². The molecule has 3 heteroatoms. The minimum atomic E-state index is -0.470. The van der Waals surface area contributed by atoms with Crippen LogP contribution in [0.3, 0.4) is 0 Å². The third-order valence-corrected chi connectivity index (χ3v) is 4.03. The van der Waals surface area contributed by atoms with Gasteiger partial charge in [0.15, 0.2) is 0 Å². The summed E-state index contributed by atoms with van der Waals surface area (Å²) >= 11 is 0. The quantitative estimate of drug-likeness (QED) is 0.859. The molecule has 0 radical (unpaired) electrons. The molecule has 1 fully saturated rings. The van der Waals surface area contributed by atoms with Gasteiger partial charge in [0.1, 0.15) is 11.6 Å². The fourth-order valence-corrected chi connectivity index (χ4v) is 3.04. The van der Waals surface area contributed by atoms with Crippen LogP contribution in [0, 0.1) is 17.6 Å². The van der Waals surface area contributed by atoms with Crippen molar-refractivity contribution in [2.45, 2.75) is 45.1 Å². The maximum absolute atomic E-state index is 13.3. The van der Waals surface area contributed by atoms with E-state index in [2.05, 4.69) is 19.2 Å². The minimum Gasteiger partial charge on any atom is -0.314 e. The van der Waals surface area contributed by atoms with Crippen molar-refractivity contribution in [1.29, 1.82) is 0 Å². The molecule has 100 valence electrons. The summed E-state index contributed by atoms with van der Waals surface area (Å²) in [5.74, 6) is -0.244. The summed E-state index contributed by atoms with van der Waals surface area (Å²) < 4.78 is 26.5. The van der Waals surface area contributed by atoms with Crippen molar-refractivity contribution in [2.24, 2.45) is 5.92 Å². The Morgan fingerprint density at radius 2 is 1.83 bits per heavy atom. The van der Waals surface area contributed by atoms with E-state index in [9.17, 15) is 8.78 Å². The van der Waals surface area contributed by atoms with Crippen molar-refractivity contribution >= 4 is 0 Å². The number of benzene rings is 1. The maximum atomic E-state index is 13.3. The number of halogens is 2. The normalized spacial score (nSPS) is 27.7. The second-order valence-corrected chi connectivity index (χ2v) is 5.31. The van der Waals surface area contributed by atoms with Gasteiger partial charge in [0.2, 0.25) is 0 Å². The molecule has 0 saturated heterocycles. The van der Waals surface area contributed by atoms with Gasteiger partial charge in [-0.25, -0.2) is 8.78 Å². The lowest BCUT2D eigenvalue weighted by Crippen LogP contribution is -2.32. The Hall–Kier alpha value is -0.960. The Kier molecular flexibility index (Phi) is 4.33. The Labute approximate surface area is 108 Å². The molecule has 0 bridgehead atoms. The molecule has 0 spiro atoms. The van der Waals surface area contributed by atoms with Crippen molar-refractivity contribution in [3.63, 3.8) is 0 Å². The molecule has 0 aliphatic heterocycles. The molecular weight excluding hydrogens is 232 g/mol. The highest BCUT2D eigenvalue weighted by atomic mass is 19.1. The predicted molar refractivity (Wildman–Crippen MR) is 69.6 cm³/mol. The van der Waals surface area contributed by atoms with E-state index < -0.39 is 11.6 Å². The van der Waals surface area contributed by atoms with Crippen molar-refractivity contribution in [1.82, 2.24) is 5.32 Å². The zero-order valence-corrected chi connectivity index (χ0v) is 11.0. The van der Waals surface area contributed by atoms with Gasteiger partial charge in [-0.1, -0.05) is 13.8 Å². The molecular formula is C15H21F2N. The SMILES string of the molecule is CCCNC1CCC(c2cc(F)cc(F)c2)C1C. The summed E-state index contributed by atoms with van der Waals surface area (Å²) in [7, 11) is 0. The van der Waals surface area contributed by atoms with E-state index >= 15 is 0 Å². The molecule has 3 atom stereocenters. The molecule has 0 aromatic heterocycles. The first-order chi connectivity index (χ1) is 8.61. The number of nitrogens with one attached hydrogen (secondary N) is 1. The highest BCUT2D eigenvalue weighted by molar-refractivity contribution is 5.24. The molecule has 1 aliphatic rings. The largest absolute Gasteiger partial charge is 0.314 e. The number of hydrogen-bond acceptors (Lipinski definition) is 1. The zero-order chi connectivity index (χ0) is 13.1. The predicted octanol–water partition coefficient (Wildman–Crippen LogP) is 3.85. The molecule has 1 aromatic carbocycles. The molecule has 1 N–H and O–H groups in total. The Balaban J connectivity index is 2.10. The third kappa shape index (κ3) is 2.89. The van der Waals surface area contributed by atoms with Gasteiger partial charge in [-0.3, -0.25) is 0 Å². The first kappa shape index (κ1) is 13.5. The minimum absolute atomic E-state index is 0.268. The van der Waals surface area contributed by atoms with Crippen LogP contribution in [0.2, 0.25) is 0 Å². The smallest absolute Gasteiger partial charge is 0.126 e. The summed E-state index contributed by atoms with van der Waals surface area (Å²) in [6.45, 7) is 5.33. The van der Waals surface area contributed by atoms with E-state index in [0.29, 0.717) is 12.0 Å². The molecule has 18 heavy (non-hydrogen) atoms. The Morgan fingerprint density at radius 3 is 2.44 bits per heavy atom. The summed E-state index contributed by atoms with van der Waals surface area (Å²) in [6, 6.07) is 4.37. The van der Waals surface area contributed by atoms with Crippen LogP contribution in [-0.2, 0) is 0 Å². The van der Waals surface area contributed by atoms with Crippen molar-refractivity contribution in [3.05, 3.63) is 35.4 Å². The third-order valence-electron chi connectivity index (χ3n) is 4.03. The van der Waals surface area contributed by atoms with Crippen LogP contribution < -0.4 is 5.32 Å². The highest BCUT2D eigenvalue weighted by Gasteiger charge is 2.33.